The molecule has 0 saturated heterocycles. The van der Waals surface area contributed by atoms with Crippen LogP contribution in [-0.2, 0) is 0 Å². The highest BCUT2D eigenvalue weighted by Gasteiger charge is 2.19. The number of nitrogens with zero attached hydrogens (tertiary/aromatic N) is 1. The fourth-order valence-corrected chi connectivity index (χ4v) is 1.86. The van der Waals surface area contributed by atoms with E-state index in [9.17, 15) is 0 Å². The van der Waals surface area contributed by atoms with Gasteiger partial charge in [0.25, 0.3) is 0 Å². The molecular weight excluding hydrogens is 194 g/mol. The van der Waals surface area contributed by atoms with Crippen molar-refractivity contribution in [2.24, 2.45) is 0 Å². The van der Waals surface area contributed by atoms with Gasteiger partial charge in [0.05, 0.1) is 13.6 Å². The van der Waals surface area contributed by atoms with Crippen LogP contribution in [0.5, 0.6) is 0 Å². The summed E-state index contributed by atoms with van der Waals surface area (Å²) < 4.78 is 1.01. The van der Waals surface area contributed by atoms with Crippen molar-refractivity contribution in [2.75, 3.05) is 13.6 Å². The van der Waals surface area contributed by atoms with Gasteiger partial charge in [0.1, 0.15) is 12.4 Å². The van der Waals surface area contributed by atoms with Crippen molar-refractivity contribution in [3.63, 3.8) is 0 Å². The van der Waals surface area contributed by atoms with Crippen LogP contribution in [0.15, 0.2) is 24.0 Å². The minimum Gasteiger partial charge on any atom is -1.00 e. The van der Waals surface area contributed by atoms with Gasteiger partial charge in [-0.15, -0.1) is 0 Å². The van der Waals surface area contributed by atoms with Crippen molar-refractivity contribution in [2.45, 2.75) is 39.5 Å². The molecule has 0 aromatic carbocycles. The second kappa shape index (κ2) is 6.26. The number of halogens is 1. The molecule has 0 aromatic rings. The summed E-state index contributed by atoms with van der Waals surface area (Å²) in [5.74, 6) is 0. The van der Waals surface area contributed by atoms with Crippen LogP contribution in [0.2, 0.25) is 0 Å². The predicted octanol–water partition coefficient (Wildman–Crippen LogP) is 0.448. The third kappa shape index (κ3) is 4.30. The van der Waals surface area contributed by atoms with Gasteiger partial charge >= 0.3 is 0 Å². The maximum absolute atomic E-state index is 2.34. The second-order valence-corrected chi connectivity index (χ2v) is 4.32. The fourth-order valence-electron chi connectivity index (χ4n) is 1.86. The number of unbranched alkanes of at least 4 members (excludes halogenated alkanes) is 3. The zero-order valence-corrected chi connectivity index (χ0v) is 10.3. The summed E-state index contributed by atoms with van der Waals surface area (Å²) in [6.45, 7) is 5.69. The minimum absolute atomic E-state index is 0. The lowest BCUT2D eigenvalue weighted by Gasteiger charge is -2.23. The molecule has 0 aromatic heterocycles. The van der Waals surface area contributed by atoms with E-state index in [1.54, 1.807) is 0 Å². The van der Waals surface area contributed by atoms with Crippen molar-refractivity contribution in [3.8, 4) is 0 Å². The molecule has 0 aliphatic carbocycles. The smallest absolute Gasteiger partial charge is 0.103 e. The first-order valence-corrected chi connectivity index (χ1v) is 5.40. The Hall–Kier alpha value is -0.270. The first kappa shape index (κ1) is 13.7. The minimum atomic E-state index is 0. The van der Waals surface area contributed by atoms with E-state index in [1.165, 1.54) is 37.8 Å². The van der Waals surface area contributed by atoms with Gasteiger partial charge in [-0.2, -0.15) is 0 Å². The Morgan fingerprint density at radius 3 is 2.43 bits per heavy atom. The Morgan fingerprint density at radius 2 is 1.93 bits per heavy atom. The van der Waals surface area contributed by atoms with Crippen LogP contribution < -0.4 is 12.4 Å². The highest BCUT2D eigenvalue weighted by atomic mass is 35.5. The quantitative estimate of drug-likeness (QED) is 0.462. The Morgan fingerprint density at radius 1 is 1.21 bits per heavy atom. The Balaban J connectivity index is 0.00000169. The van der Waals surface area contributed by atoms with Gasteiger partial charge in [-0.05, 0) is 25.8 Å². The van der Waals surface area contributed by atoms with Crippen LogP contribution >= 0.6 is 0 Å². The number of allylic oxidation sites excluding steroid dienone is 2. The lowest BCUT2D eigenvalue weighted by Crippen LogP contribution is -3.00. The Labute approximate surface area is 94.5 Å². The van der Waals surface area contributed by atoms with Crippen molar-refractivity contribution in [3.05, 3.63) is 24.0 Å². The predicted molar refractivity (Wildman–Crippen MR) is 58.1 cm³/mol. The molecule has 1 nitrogen and oxygen atoms in total. The molecule has 0 radical (unpaired) electrons. The van der Waals surface area contributed by atoms with Crippen molar-refractivity contribution in [1.29, 1.82) is 0 Å². The first-order chi connectivity index (χ1) is 6.16. The van der Waals surface area contributed by atoms with Crippen LogP contribution in [0.4, 0.5) is 0 Å². The molecule has 0 saturated carbocycles. The summed E-state index contributed by atoms with van der Waals surface area (Å²) in [4.78, 5) is 0. The van der Waals surface area contributed by atoms with Gasteiger partial charge in [-0.1, -0.05) is 19.8 Å². The van der Waals surface area contributed by atoms with Crippen molar-refractivity contribution < 1.29 is 16.9 Å². The number of quaternary nitrogens is 1. The average molecular weight is 216 g/mol. The third-order valence-electron chi connectivity index (χ3n) is 2.67. The normalized spacial score (nSPS) is 24.6. The molecule has 0 fully saturated rings. The third-order valence-corrected chi connectivity index (χ3v) is 2.67. The Bertz CT molecular complexity index is 220. The molecule has 1 atom stereocenters. The second-order valence-electron chi connectivity index (χ2n) is 4.32. The highest BCUT2D eigenvalue weighted by Crippen LogP contribution is 2.19. The van der Waals surface area contributed by atoms with E-state index < -0.39 is 0 Å². The molecule has 1 rings (SSSR count). The van der Waals surface area contributed by atoms with E-state index in [4.69, 9.17) is 0 Å². The number of hydrogen-bond donors (Lipinski definition) is 0. The SMILES string of the molecule is CCCCCC[N+]1(C)C=CC(C)=C1.[Cl-]. The monoisotopic (exact) mass is 215 g/mol. The summed E-state index contributed by atoms with van der Waals surface area (Å²) in [6.07, 6.45) is 12.3. The van der Waals surface area contributed by atoms with Gasteiger partial charge in [-0.25, -0.2) is 0 Å². The van der Waals surface area contributed by atoms with E-state index in [0.29, 0.717) is 0 Å². The molecule has 1 heterocycles. The summed E-state index contributed by atoms with van der Waals surface area (Å²) in [7, 11) is 2.28. The van der Waals surface area contributed by atoms with Crippen molar-refractivity contribution in [1.82, 2.24) is 0 Å². The van der Waals surface area contributed by atoms with E-state index in [2.05, 4.69) is 39.4 Å². The maximum atomic E-state index is 2.34. The van der Waals surface area contributed by atoms with Crippen LogP contribution in [0.25, 0.3) is 0 Å². The van der Waals surface area contributed by atoms with E-state index in [-0.39, 0.29) is 12.4 Å². The van der Waals surface area contributed by atoms with Gasteiger partial charge in [0.15, 0.2) is 0 Å². The maximum Gasteiger partial charge on any atom is 0.103 e. The summed E-state index contributed by atoms with van der Waals surface area (Å²) >= 11 is 0. The molecule has 82 valence electrons. The summed E-state index contributed by atoms with van der Waals surface area (Å²) in [6, 6.07) is 0. The molecular formula is C12H22ClN. The zero-order valence-electron chi connectivity index (χ0n) is 9.59. The summed E-state index contributed by atoms with van der Waals surface area (Å²) in [5, 5.41) is 0. The number of hydrogen-bond acceptors (Lipinski definition) is 0. The average Bonchev–Trinajstić information content (AvgIpc) is 2.41. The van der Waals surface area contributed by atoms with Gasteiger partial charge in [-0.3, -0.25) is 4.48 Å². The fraction of sp³-hybridized carbons (Fsp3) is 0.667. The molecule has 1 aliphatic rings. The van der Waals surface area contributed by atoms with Crippen LogP contribution in [0.3, 0.4) is 0 Å². The molecule has 2 heteroatoms. The van der Waals surface area contributed by atoms with Crippen molar-refractivity contribution >= 4 is 0 Å². The standard InChI is InChI=1S/C12H22N.ClH/c1-4-5-6-7-9-13(3)10-8-12(2)11-13;/h8,10-11H,4-7,9H2,1-3H3;1H/q+1;/p-1. The van der Waals surface area contributed by atoms with E-state index >= 15 is 0 Å². The molecule has 0 spiro atoms. The Kier molecular flexibility index (Phi) is 6.14. The molecule has 1 aliphatic heterocycles. The zero-order chi connectivity index (χ0) is 9.73. The number of rotatable bonds is 5. The largest absolute Gasteiger partial charge is 1.00 e. The topological polar surface area (TPSA) is 0 Å². The van der Waals surface area contributed by atoms with Crippen LogP contribution in [0, 0.1) is 0 Å². The lowest BCUT2D eigenvalue weighted by molar-refractivity contribution is -0.804. The van der Waals surface area contributed by atoms with Gasteiger partial charge < -0.3 is 12.4 Å². The summed E-state index contributed by atoms with van der Waals surface area (Å²) in [5.41, 5.74) is 1.40. The first-order valence-electron chi connectivity index (χ1n) is 5.40. The van der Waals surface area contributed by atoms with Gasteiger partial charge in [0.2, 0.25) is 0 Å². The molecule has 0 amide bonds. The van der Waals surface area contributed by atoms with Crippen LogP contribution in [-0.4, -0.2) is 18.1 Å². The molecule has 0 bridgehead atoms. The lowest BCUT2D eigenvalue weighted by atomic mass is 10.2. The highest BCUT2D eigenvalue weighted by molar-refractivity contribution is 5.16. The molecule has 0 N–H and O–H groups in total. The molecule has 1 unspecified atom stereocenters. The van der Waals surface area contributed by atoms with E-state index in [0.717, 1.165) is 4.48 Å². The van der Waals surface area contributed by atoms with Crippen LogP contribution in [0.1, 0.15) is 39.5 Å². The van der Waals surface area contributed by atoms with E-state index in [1.807, 2.05) is 0 Å². The molecule has 14 heavy (non-hydrogen) atoms. The van der Waals surface area contributed by atoms with Gasteiger partial charge in [0, 0.05) is 5.57 Å².